The average molecular weight is 384 g/mol. The van der Waals surface area contributed by atoms with Crippen LogP contribution in [0.15, 0.2) is 35.1 Å². The van der Waals surface area contributed by atoms with Crippen LogP contribution in [0.2, 0.25) is 0 Å². The lowest BCUT2D eigenvalue weighted by Gasteiger charge is -2.05. The number of benzene rings is 1. The van der Waals surface area contributed by atoms with Crippen molar-refractivity contribution in [2.75, 3.05) is 6.54 Å². The number of rotatable bonds is 6. The lowest BCUT2D eigenvalue weighted by molar-refractivity contribution is -0.394. The van der Waals surface area contributed by atoms with E-state index in [4.69, 9.17) is 0 Å². The van der Waals surface area contributed by atoms with Gasteiger partial charge in [-0.1, -0.05) is 0 Å². The minimum absolute atomic E-state index is 0.146. The molecule has 0 saturated carbocycles. The predicted molar refractivity (Wildman–Crippen MR) is 82.0 cm³/mol. The Kier molecular flexibility index (Phi) is 5.01. The lowest BCUT2D eigenvalue weighted by Crippen LogP contribution is -2.27. The second-order valence-electron chi connectivity index (χ2n) is 4.43. The van der Waals surface area contributed by atoms with Crippen LogP contribution in [-0.4, -0.2) is 32.1 Å². The summed E-state index contributed by atoms with van der Waals surface area (Å²) in [6.07, 6.45) is 3.30. The summed E-state index contributed by atoms with van der Waals surface area (Å²) in [7, 11) is 0. The highest BCUT2D eigenvalue weighted by molar-refractivity contribution is 9.10. The average Bonchev–Trinajstić information content (AvgIpc) is 2.92. The molecular formula is C12H10BrN5O5. The van der Waals surface area contributed by atoms with E-state index in [1.807, 2.05) is 0 Å². The summed E-state index contributed by atoms with van der Waals surface area (Å²) in [5.74, 6) is -0.636. The van der Waals surface area contributed by atoms with Crippen molar-refractivity contribution >= 4 is 33.2 Å². The Hall–Kier alpha value is -2.82. The third-order valence-corrected chi connectivity index (χ3v) is 3.22. The topological polar surface area (TPSA) is 133 Å². The Morgan fingerprint density at radius 1 is 1.22 bits per heavy atom. The van der Waals surface area contributed by atoms with E-state index < -0.39 is 27.1 Å². The monoisotopic (exact) mass is 383 g/mol. The van der Waals surface area contributed by atoms with Crippen LogP contribution in [-0.2, 0) is 6.54 Å². The minimum atomic E-state index is -0.787. The number of nitro benzene ring substituents is 2. The molecule has 0 radical (unpaired) electrons. The first-order chi connectivity index (χ1) is 10.9. The lowest BCUT2D eigenvalue weighted by atomic mass is 10.1. The highest BCUT2D eigenvalue weighted by Gasteiger charge is 2.19. The van der Waals surface area contributed by atoms with Gasteiger partial charge in [0, 0.05) is 24.9 Å². The van der Waals surface area contributed by atoms with E-state index in [2.05, 4.69) is 26.3 Å². The molecule has 2 rings (SSSR count). The number of carbonyl (C=O) groups excluding carboxylic acids is 1. The summed E-state index contributed by atoms with van der Waals surface area (Å²) in [4.78, 5) is 32.0. The summed E-state index contributed by atoms with van der Waals surface area (Å²) >= 11 is 3.23. The van der Waals surface area contributed by atoms with E-state index in [9.17, 15) is 25.0 Å². The van der Waals surface area contributed by atoms with E-state index in [0.29, 0.717) is 6.54 Å². The zero-order valence-corrected chi connectivity index (χ0v) is 13.1. The molecule has 0 unspecified atom stereocenters. The first-order valence-electron chi connectivity index (χ1n) is 6.27. The van der Waals surface area contributed by atoms with Crippen LogP contribution >= 0.6 is 15.9 Å². The van der Waals surface area contributed by atoms with Gasteiger partial charge >= 0.3 is 0 Å². The number of halogens is 1. The Morgan fingerprint density at radius 2 is 1.83 bits per heavy atom. The van der Waals surface area contributed by atoms with Crippen molar-refractivity contribution in [3.63, 3.8) is 0 Å². The number of hydrogen-bond donors (Lipinski definition) is 1. The molecule has 11 heteroatoms. The van der Waals surface area contributed by atoms with Crippen molar-refractivity contribution in [2.45, 2.75) is 6.54 Å². The number of nitrogens with zero attached hydrogens (tertiary/aromatic N) is 4. The number of carbonyl (C=O) groups is 1. The highest BCUT2D eigenvalue weighted by atomic mass is 79.9. The van der Waals surface area contributed by atoms with Crippen LogP contribution in [0.25, 0.3) is 0 Å². The first-order valence-corrected chi connectivity index (χ1v) is 7.06. The van der Waals surface area contributed by atoms with E-state index in [1.165, 1.54) is 0 Å². The van der Waals surface area contributed by atoms with Gasteiger partial charge in [0.25, 0.3) is 17.3 Å². The fourth-order valence-electron chi connectivity index (χ4n) is 1.78. The maximum atomic E-state index is 12.0. The van der Waals surface area contributed by atoms with Crippen molar-refractivity contribution in [3.05, 3.63) is 60.9 Å². The molecule has 0 spiro atoms. The summed E-state index contributed by atoms with van der Waals surface area (Å²) in [5, 5.41) is 28.1. The molecule has 1 aromatic carbocycles. The molecule has 0 atom stereocenters. The summed E-state index contributed by atoms with van der Waals surface area (Å²) in [6.45, 7) is 0.595. The molecule has 0 fully saturated rings. The second-order valence-corrected chi connectivity index (χ2v) is 5.35. The van der Waals surface area contributed by atoms with Gasteiger partial charge in [-0.3, -0.25) is 29.7 Å². The fraction of sp³-hybridized carbons (Fsp3) is 0.167. The van der Waals surface area contributed by atoms with E-state index in [-0.39, 0.29) is 12.1 Å². The van der Waals surface area contributed by atoms with Gasteiger partial charge < -0.3 is 5.32 Å². The van der Waals surface area contributed by atoms with Crippen LogP contribution < -0.4 is 5.32 Å². The van der Waals surface area contributed by atoms with Crippen LogP contribution in [0.3, 0.4) is 0 Å². The van der Waals surface area contributed by atoms with Gasteiger partial charge in [-0.15, -0.1) is 0 Å². The largest absolute Gasteiger partial charge is 0.350 e. The third-order valence-electron chi connectivity index (χ3n) is 2.81. The molecule has 0 aliphatic heterocycles. The fourth-order valence-corrected chi connectivity index (χ4v) is 2.11. The highest BCUT2D eigenvalue weighted by Crippen LogP contribution is 2.22. The molecule has 1 N–H and O–H groups in total. The zero-order chi connectivity index (χ0) is 17.0. The van der Waals surface area contributed by atoms with Gasteiger partial charge in [-0.2, -0.15) is 5.10 Å². The minimum Gasteiger partial charge on any atom is -0.350 e. The normalized spacial score (nSPS) is 10.3. The Labute approximate surface area is 137 Å². The maximum absolute atomic E-state index is 12.0. The van der Waals surface area contributed by atoms with Gasteiger partial charge in [-0.05, 0) is 15.9 Å². The zero-order valence-electron chi connectivity index (χ0n) is 11.5. The van der Waals surface area contributed by atoms with Gasteiger partial charge in [0.05, 0.1) is 38.7 Å². The quantitative estimate of drug-likeness (QED) is 0.597. The molecule has 1 amide bonds. The summed E-state index contributed by atoms with van der Waals surface area (Å²) in [5.41, 5.74) is -1.17. The van der Waals surface area contributed by atoms with Crippen LogP contribution in [0.4, 0.5) is 11.4 Å². The van der Waals surface area contributed by atoms with Crippen molar-refractivity contribution in [1.29, 1.82) is 0 Å². The molecular weight excluding hydrogens is 374 g/mol. The molecule has 1 aromatic heterocycles. The van der Waals surface area contributed by atoms with Crippen LogP contribution in [0.5, 0.6) is 0 Å². The number of nitro groups is 2. The van der Waals surface area contributed by atoms with E-state index >= 15 is 0 Å². The smallest absolute Gasteiger partial charge is 0.277 e. The summed E-state index contributed by atoms with van der Waals surface area (Å²) in [6, 6.07) is 2.79. The van der Waals surface area contributed by atoms with Gasteiger partial charge in [0.15, 0.2) is 0 Å². The van der Waals surface area contributed by atoms with Crippen LogP contribution in [0.1, 0.15) is 10.4 Å². The Balaban J connectivity index is 2.08. The van der Waals surface area contributed by atoms with Crippen molar-refractivity contribution < 1.29 is 14.6 Å². The number of amides is 1. The predicted octanol–water partition coefficient (Wildman–Crippen LogP) is 1.89. The third kappa shape index (κ3) is 4.32. The van der Waals surface area contributed by atoms with Crippen molar-refractivity contribution in [3.8, 4) is 0 Å². The molecule has 1 heterocycles. The number of non-ortho nitro benzene ring substituents is 2. The molecule has 0 aliphatic rings. The second kappa shape index (κ2) is 6.96. The van der Waals surface area contributed by atoms with Gasteiger partial charge in [-0.25, -0.2) is 0 Å². The molecule has 23 heavy (non-hydrogen) atoms. The SMILES string of the molecule is O=C(NCCn1cc(Br)cn1)c1cc([N+](=O)[O-])cc([N+](=O)[O-])c1. The van der Waals surface area contributed by atoms with Gasteiger partial charge in [0.1, 0.15) is 0 Å². The van der Waals surface area contributed by atoms with Crippen LogP contribution in [0, 0.1) is 20.2 Å². The molecule has 2 aromatic rings. The molecule has 0 saturated heterocycles. The van der Waals surface area contributed by atoms with E-state index in [0.717, 1.165) is 22.7 Å². The Bertz CT molecular complexity index is 743. The number of hydrogen-bond acceptors (Lipinski definition) is 6. The van der Waals surface area contributed by atoms with E-state index in [1.54, 1.807) is 17.1 Å². The molecule has 120 valence electrons. The molecule has 0 aliphatic carbocycles. The molecule has 10 nitrogen and oxygen atoms in total. The standard InChI is InChI=1S/C12H10BrN5O5/c13-9-6-15-16(7-9)2-1-14-12(19)8-3-10(17(20)21)5-11(4-8)18(22)23/h3-7H,1-2H2,(H,14,19). The Morgan fingerprint density at radius 3 is 2.30 bits per heavy atom. The summed E-state index contributed by atoms with van der Waals surface area (Å²) < 4.78 is 2.37. The first kappa shape index (κ1) is 16.5. The number of aromatic nitrogens is 2. The molecule has 0 bridgehead atoms. The van der Waals surface area contributed by atoms with Gasteiger partial charge in [0.2, 0.25) is 0 Å². The van der Waals surface area contributed by atoms with Crippen molar-refractivity contribution in [1.82, 2.24) is 15.1 Å². The number of nitrogens with one attached hydrogen (secondary N) is 1. The van der Waals surface area contributed by atoms with Crippen molar-refractivity contribution in [2.24, 2.45) is 0 Å². The maximum Gasteiger partial charge on any atom is 0.277 e.